The quantitative estimate of drug-likeness (QED) is 0.808. The van der Waals surface area contributed by atoms with Crippen molar-refractivity contribution in [3.05, 3.63) is 23.2 Å². The van der Waals surface area contributed by atoms with Crippen LogP contribution in [0.2, 0.25) is 0 Å². The molecular formula is C15H28N2O. The fourth-order valence-electron chi connectivity index (χ4n) is 2.29. The van der Waals surface area contributed by atoms with Crippen LogP contribution in [-0.2, 0) is 13.1 Å². The maximum atomic E-state index is 5.73. The van der Waals surface area contributed by atoms with Crippen molar-refractivity contribution < 1.29 is 4.42 Å². The fraction of sp³-hybridized carbons (Fsp3) is 0.733. The average molecular weight is 252 g/mol. The van der Waals surface area contributed by atoms with Gasteiger partial charge in [0.05, 0.1) is 6.54 Å². The molecule has 0 aliphatic carbocycles. The first-order valence-electron chi connectivity index (χ1n) is 6.87. The van der Waals surface area contributed by atoms with E-state index >= 15 is 0 Å². The van der Waals surface area contributed by atoms with E-state index in [1.54, 1.807) is 0 Å². The normalized spacial score (nSPS) is 13.6. The van der Waals surface area contributed by atoms with Gasteiger partial charge in [-0.3, -0.25) is 4.90 Å². The van der Waals surface area contributed by atoms with Gasteiger partial charge in [-0.1, -0.05) is 13.8 Å². The molecule has 1 rings (SSSR count). The summed E-state index contributed by atoms with van der Waals surface area (Å²) in [5, 5.41) is 3.12. The average Bonchev–Trinajstić information content (AvgIpc) is 2.58. The molecule has 0 saturated heterocycles. The molecule has 0 aromatic carbocycles. The molecule has 1 unspecified atom stereocenters. The van der Waals surface area contributed by atoms with Crippen molar-refractivity contribution in [2.45, 2.75) is 53.2 Å². The molecule has 18 heavy (non-hydrogen) atoms. The standard InChI is InChI=1S/C15H28N2O/c1-11(2)7-12(3)17(6)10-14-8-15(9-16-5)18-13(14)4/h8,11-12,16H,7,9-10H2,1-6H3. The molecule has 0 bridgehead atoms. The minimum atomic E-state index is 0.604. The van der Waals surface area contributed by atoms with Gasteiger partial charge in [0, 0.05) is 18.2 Å². The van der Waals surface area contributed by atoms with E-state index < -0.39 is 0 Å². The Morgan fingerprint density at radius 1 is 1.33 bits per heavy atom. The van der Waals surface area contributed by atoms with Crippen molar-refractivity contribution in [2.24, 2.45) is 5.92 Å². The number of hydrogen-bond donors (Lipinski definition) is 1. The highest BCUT2D eigenvalue weighted by molar-refractivity contribution is 5.20. The van der Waals surface area contributed by atoms with E-state index in [2.05, 4.69) is 51.0 Å². The Kier molecular flexibility index (Phi) is 5.89. The molecule has 0 radical (unpaired) electrons. The van der Waals surface area contributed by atoms with E-state index in [0.29, 0.717) is 6.04 Å². The Hall–Kier alpha value is -0.800. The lowest BCUT2D eigenvalue weighted by Gasteiger charge is -2.25. The van der Waals surface area contributed by atoms with Gasteiger partial charge in [0.2, 0.25) is 0 Å². The predicted octanol–water partition coefficient (Wildman–Crippen LogP) is 3.17. The van der Waals surface area contributed by atoms with E-state index in [4.69, 9.17) is 4.42 Å². The summed E-state index contributed by atoms with van der Waals surface area (Å²) in [6.45, 7) is 10.7. The van der Waals surface area contributed by atoms with Crippen molar-refractivity contribution in [2.75, 3.05) is 14.1 Å². The third-order valence-corrected chi connectivity index (χ3v) is 3.41. The van der Waals surface area contributed by atoms with E-state index in [0.717, 1.165) is 30.5 Å². The molecule has 3 nitrogen and oxygen atoms in total. The highest BCUT2D eigenvalue weighted by Gasteiger charge is 2.14. The topological polar surface area (TPSA) is 28.4 Å². The molecule has 0 aliphatic heterocycles. The molecule has 1 aromatic heterocycles. The molecule has 3 heteroatoms. The lowest BCUT2D eigenvalue weighted by atomic mass is 10.0. The Labute approximate surface area is 112 Å². The van der Waals surface area contributed by atoms with Gasteiger partial charge in [0.1, 0.15) is 11.5 Å². The summed E-state index contributed by atoms with van der Waals surface area (Å²) in [5.41, 5.74) is 1.30. The van der Waals surface area contributed by atoms with Crippen LogP contribution in [0.25, 0.3) is 0 Å². The van der Waals surface area contributed by atoms with Crippen LogP contribution in [0.3, 0.4) is 0 Å². The van der Waals surface area contributed by atoms with Crippen LogP contribution in [0.5, 0.6) is 0 Å². The van der Waals surface area contributed by atoms with E-state index in [-0.39, 0.29) is 0 Å². The van der Waals surface area contributed by atoms with Gasteiger partial charge in [-0.2, -0.15) is 0 Å². The molecule has 0 spiro atoms. The summed E-state index contributed by atoms with van der Waals surface area (Å²) in [4.78, 5) is 2.40. The summed E-state index contributed by atoms with van der Waals surface area (Å²) in [5.74, 6) is 2.81. The van der Waals surface area contributed by atoms with Gasteiger partial charge in [-0.25, -0.2) is 0 Å². The summed E-state index contributed by atoms with van der Waals surface area (Å²) in [7, 11) is 4.13. The van der Waals surface area contributed by atoms with Crippen LogP contribution in [0.1, 0.15) is 44.3 Å². The van der Waals surface area contributed by atoms with Crippen molar-refractivity contribution in [3.8, 4) is 0 Å². The first-order valence-corrected chi connectivity index (χ1v) is 6.87. The first-order chi connectivity index (χ1) is 8.43. The monoisotopic (exact) mass is 252 g/mol. The number of nitrogens with zero attached hydrogens (tertiary/aromatic N) is 1. The zero-order chi connectivity index (χ0) is 13.7. The van der Waals surface area contributed by atoms with Crippen molar-refractivity contribution in [1.82, 2.24) is 10.2 Å². The molecule has 1 aromatic rings. The van der Waals surface area contributed by atoms with Crippen molar-refractivity contribution >= 4 is 0 Å². The maximum Gasteiger partial charge on any atom is 0.118 e. The second-order valence-corrected chi connectivity index (χ2v) is 5.72. The van der Waals surface area contributed by atoms with Crippen LogP contribution in [0.4, 0.5) is 0 Å². The van der Waals surface area contributed by atoms with Gasteiger partial charge < -0.3 is 9.73 Å². The fourth-order valence-corrected chi connectivity index (χ4v) is 2.29. The second kappa shape index (κ2) is 6.95. The molecule has 1 heterocycles. The Balaban J connectivity index is 2.60. The zero-order valence-electron chi connectivity index (χ0n) is 12.7. The number of rotatable bonds is 7. The zero-order valence-corrected chi connectivity index (χ0v) is 12.7. The van der Waals surface area contributed by atoms with Crippen LogP contribution in [-0.4, -0.2) is 25.0 Å². The van der Waals surface area contributed by atoms with Crippen LogP contribution < -0.4 is 5.32 Å². The van der Waals surface area contributed by atoms with Crippen molar-refractivity contribution in [1.29, 1.82) is 0 Å². The summed E-state index contributed by atoms with van der Waals surface area (Å²) < 4.78 is 5.73. The third kappa shape index (κ3) is 4.46. The Bertz CT molecular complexity index is 357. The number of nitrogens with one attached hydrogen (secondary N) is 1. The van der Waals surface area contributed by atoms with Gasteiger partial charge in [-0.05, 0) is 46.3 Å². The van der Waals surface area contributed by atoms with Gasteiger partial charge in [0.15, 0.2) is 0 Å². The lowest BCUT2D eigenvalue weighted by Crippen LogP contribution is -2.29. The SMILES string of the molecule is CNCc1cc(CN(C)C(C)CC(C)C)c(C)o1. The summed E-state index contributed by atoms with van der Waals surface area (Å²) in [6.07, 6.45) is 1.23. The van der Waals surface area contributed by atoms with Crippen LogP contribution in [0.15, 0.2) is 10.5 Å². The highest BCUT2D eigenvalue weighted by Crippen LogP contribution is 2.18. The molecule has 0 saturated carbocycles. The van der Waals surface area contributed by atoms with Gasteiger partial charge >= 0.3 is 0 Å². The van der Waals surface area contributed by atoms with Crippen LogP contribution in [0, 0.1) is 12.8 Å². The summed E-state index contributed by atoms with van der Waals surface area (Å²) in [6, 6.07) is 2.77. The Morgan fingerprint density at radius 2 is 2.00 bits per heavy atom. The molecule has 1 N–H and O–H groups in total. The number of hydrogen-bond acceptors (Lipinski definition) is 3. The van der Waals surface area contributed by atoms with Gasteiger partial charge in [-0.15, -0.1) is 0 Å². The molecule has 1 atom stereocenters. The number of aryl methyl sites for hydroxylation is 1. The molecular weight excluding hydrogens is 224 g/mol. The van der Waals surface area contributed by atoms with E-state index in [1.807, 2.05) is 7.05 Å². The molecule has 104 valence electrons. The molecule has 0 aliphatic rings. The number of furan rings is 1. The van der Waals surface area contributed by atoms with Gasteiger partial charge in [0.25, 0.3) is 0 Å². The second-order valence-electron chi connectivity index (χ2n) is 5.72. The third-order valence-electron chi connectivity index (χ3n) is 3.41. The van der Waals surface area contributed by atoms with E-state index in [9.17, 15) is 0 Å². The predicted molar refractivity (Wildman–Crippen MR) is 76.6 cm³/mol. The van der Waals surface area contributed by atoms with Crippen LogP contribution >= 0.6 is 0 Å². The minimum Gasteiger partial charge on any atom is -0.465 e. The first kappa shape index (κ1) is 15.3. The highest BCUT2D eigenvalue weighted by atomic mass is 16.3. The minimum absolute atomic E-state index is 0.604. The smallest absolute Gasteiger partial charge is 0.118 e. The Morgan fingerprint density at radius 3 is 2.56 bits per heavy atom. The maximum absolute atomic E-state index is 5.73. The largest absolute Gasteiger partial charge is 0.465 e. The molecule has 0 fully saturated rings. The summed E-state index contributed by atoms with van der Waals surface area (Å²) >= 11 is 0. The van der Waals surface area contributed by atoms with E-state index in [1.165, 1.54) is 12.0 Å². The van der Waals surface area contributed by atoms with Crippen molar-refractivity contribution in [3.63, 3.8) is 0 Å². The molecule has 0 amide bonds. The lowest BCUT2D eigenvalue weighted by molar-refractivity contribution is 0.219.